The number of esters is 1. The molecule has 3 rings (SSSR count). The molecule has 0 bridgehead atoms. The van der Waals surface area contributed by atoms with Crippen LogP contribution in [0.4, 0.5) is 4.79 Å². The SMILES string of the molecule is COC(=O)c1cc(Br)c(C(=O)C[C@H]2C=C[C@H](O[Si](C)(C)C(C)(C)C)CN2C(=O)OCc2ccccc2)[nH]1. The van der Waals surface area contributed by atoms with Gasteiger partial charge >= 0.3 is 12.1 Å². The number of ether oxygens (including phenoxy) is 2. The summed E-state index contributed by atoms with van der Waals surface area (Å²) < 4.78 is 17.3. The molecule has 0 saturated carbocycles. The number of H-pyrrole nitrogens is 1. The quantitative estimate of drug-likeness (QED) is 0.172. The first-order chi connectivity index (χ1) is 17.3. The fraction of sp³-hybridized carbons (Fsp3) is 0.444. The van der Waals surface area contributed by atoms with E-state index in [1.165, 1.54) is 13.2 Å². The minimum Gasteiger partial charge on any atom is -0.464 e. The molecule has 0 unspecified atom stereocenters. The average Bonchev–Trinajstić information content (AvgIpc) is 3.24. The molecule has 0 radical (unpaired) electrons. The van der Waals surface area contributed by atoms with E-state index in [0.29, 0.717) is 4.47 Å². The zero-order valence-electron chi connectivity index (χ0n) is 22.2. The molecule has 0 aliphatic carbocycles. The molecule has 1 N–H and O–H groups in total. The van der Waals surface area contributed by atoms with Gasteiger partial charge in [-0.25, -0.2) is 9.59 Å². The van der Waals surface area contributed by atoms with Crippen LogP contribution in [0.25, 0.3) is 0 Å². The van der Waals surface area contributed by atoms with Crippen LogP contribution in [0.15, 0.2) is 53.0 Å². The molecular formula is C27H35BrN2O6Si. The molecule has 37 heavy (non-hydrogen) atoms. The second-order valence-corrected chi connectivity index (χ2v) is 16.2. The van der Waals surface area contributed by atoms with Gasteiger partial charge in [0.2, 0.25) is 0 Å². The van der Waals surface area contributed by atoms with Crippen LogP contribution in [0.2, 0.25) is 18.1 Å². The first-order valence-electron chi connectivity index (χ1n) is 12.2. The Balaban J connectivity index is 1.81. The van der Waals surface area contributed by atoms with Gasteiger partial charge < -0.3 is 18.9 Å². The van der Waals surface area contributed by atoms with Crippen molar-refractivity contribution in [2.24, 2.45) is 0 Å². The van der Waals surface area contributed by atoms with Crippen LogP contribution in [0, 0.1) is 0 Å². The molecule has 1 aromatic heterocycles. The number of nitrogens with zero attached hydrogens (tertiary/aromatic N) is 1. The highest BCUT2D eigenvalue weighted by Crippen LogP contribution is 2.38. The molecule has 1 aliphatic rings. The number of carbonyl (C=O) groups excluding carboxylic acids is 3. The molecule has 2 aromatic rings. The fourth-order valence-corrected chi connectivity index (χ4v) is 5.53. The number of carbonyl (C=O) groups is 3. The van der Waals surface area contributed by atoms with Crippen LogP contribution < -0.4 is 0 Å². The maximum Gasteiger partial charge on any atom is 0.410 e. The Morgan fingerprint density at radius 2 is 1.81 bits per heavy atom. The van der Waals surface area contributed by atoms with Crippen molar-refractivity contribution in [3.05, 3.63) is 70.0 Å². The Bertz CT molecular complexity index is 1160. The van der Waals surface area contributed by atoms with Gasteiger partial charge in [0.05, 0.1) is 31.5 Å². The Hall–Kier alpha value is -2.69. The maximum atomic E-state index is 13.2. The van der Waals surface area contributed by atoms with Crippen molar-refractivity contribution in [2.75, 3.05) is 13.7 Å². The standard InChI is InChI=1S/C27H35BrN2O6Si/c1-27(2,3)37(5,6)36-20-13-12-19(14-23(31)24-21(28)15-22(29-24)25(32)34-4)30(16-20)26(33)35-17-18-10-8-7-9-11-18/h7-13,15,19-20,29H,14,16-17H2,1-6H3/t19-,20+/m1/s1. The summed E-state index contributed by atoms with van der Waals surface area (Å²) >= 11 is 3.34. The molecule has 0 fully saturated rings. The molecule has 1 aliphatic heterocycles. The molecule has 0 saturated heterocycles. The van der Waals surface area contributed by atoms with Crippen LogP contribution in [0.1, 0.15) is 53.7 Å². The van der Waals surface area contributed by atoms with Crippen molar-refractivity contribution in [3.8, 4) is 0 Å². The molecule has 1 aromatic carbocycles. The molecule has 10 heteroatoms. The van der Waals surface area contributed by atoms with Gasteiger partial charge in [0.1, 0.15) is 12.3 Å². The van der Waals surface area contributed by atoms with Crippen molar-refractivity contribution in [1.82, 2.24) is 9.88 Å². The lowest BCUT2D eigenvalue weighted by Crippen LogP contribution is -2.52. The first-order valence-corrected chi connectivity index (χ1v) is 15.9. The number of halogens is 1. The minimum absolute atomic E-state index is 0.00345. The summed E-state index contributed by atoms with van der Waals surface area (Å²) in [4.78, 5) is 42.7. The number of ketones is 1. The van der Waals surface area contributed by atoms with Gasteiger partial charge in [0.25, 0.3) is 0 Å². The predicted molar refractivity (Wildman–Crippen MR) is 147 cm³/mol. The highest BCUT2D eigenvalue weighted by Gasteiger charge is 2.41. The van der Waals surface area contributed by atoms with Crippen molar-refractivity contribution in [1.29, 1.82) is 0 Å². The monoisotopic (exact) mass is 590 g/mol. The third-order valence-electron chi connectivity index (χ3n) is 6.86. The minimum atomic E-state index is -2.11. The van der Waals surface area contributed by atoms with E-state index in [2.05, 4.69) is 54.8 Å². The number of aromatic amines is 1. The van der Waals surface area contributed by atoms with Crippen molar-refractivity contribution in [2.45, 2.75) is 64.1 Å². The van der Waals surface area contributed by atoms with Gasteiger partial charge in [-0.1, -0.05) is 63.3 Å². The molecule has 2 heterocycles. The van der Waals surface area contributed by atoms with Crippen LogP contribution in [-0.4, -0.2) is 61.8 Å². The highest BCUT2D eigenvalue weighted by atomic mass is 79.9. The zero-order valence-corrected chi connectivity index (χ0v) is 24.8. The summed E-state index contributed by atoms with van der Waals surface area (Å²) in [5, 5.41) is 0.00351. The number of benzene rings is 1. The van der Waals surface area contributed by atoms with Gasteiger partial charge in [-0.2, -0.15) is 0 Å². The van der Waals surface area contributed by atoms with E-state index in [9.17, 15) is 14.4 Å². The lowest BCUT2D eigenvalue weighted by Gasteiger charge is -2.42. The van der Waals surface area contributed by atoms with Crippen molar-refractivity contribution >= 4 is 42.1 Å². The number of hydrogen-bond donors (Lipinski definition) is 1. The summed E-state index contributed by atoms with van der Waals surface area (Å²) in [6.07, 6.45) is 2.95. The second kappa shape index (κ2) is 11.8. The third kappa shape index (κ3) is 7.21. The first kappa shape index (κ1) is 28.9. The summed E-state index contributed by atoms with van der Waals surface area (Å²) in [6.45, 7) is 11.2. The predicted octanol–water partition coefficient (Wildman–Crippen LogP) is 6.10. The van der Waals surface area contributed by atoms with Crippen LogP contribution >= 0.6 is 15.9 Å². The number of aromatic nitrogens is 1. The van der Waals surface area contributed by atoms with Crippen LogP contribution in [0.3, 0.4) is 0 Å². The molecule has 0 spiro atoms. The van der Waals surface area contributed by atoms with E-state index >= 15 is 0 Å². The van der Waals surface area contributed by atoms with Crippen LogP contribution in [-0.2, 0) is 20.5 Å². The largest absolute Gasteiger partial charge is 0.464 e. The smallest absolute Gasteiger partial charge is 0.410 e. The number of methoxy groups -OCH3 is 1. The van der Waals surface area contributed by atoms with E-state index in [1.54, 1.807) is 4.90 Å². The number of amides is 1. The lowest BCUT2D eigenvalue weighted by molar-refractivity contribution is 0.0594. The molecule has 1 amide bonds. The molecule has 200 valence electrons. The van der Waals surface area contributed by atoms with Crippen molar-refractivity contribution < 1.29 is 28.3 Å². The van der Waals surface area contributed by atoms with Gasteiger partial charge in [-0.15, -0.1) is 0 Å². The lowest BCUT2D eigenvalue weighted by atomic mass is 10.0. The molecule has 8 nitrogen and oxygen atoms in total. The normalized spacial score (nSPS) is 18.0. The van der Waals surface area contributed by atoms with Gasteiger partial charge in [-0.05, 0) is 45.7 Å². The summed E-state index contributed by atoms with van der Waals surface area (Å²) in [5.41, 5.74) is 1.28. The summed E-state index contributed by atoms with van der Waals surface area (Å²) in [6, 6.07) is 10.4. The van der Waals surface area contributed by atoms with Crippen LogP contribution in [0.5, 0.6) is 0 Å². The number of nitrogens with one attached hydrogen (secondary N) is 1. The highest BCUT2D eigenvalue weighted by molar-refractivity contribution is 9.10. The van der Waals surface area contributed by atoms with E-state index < -0.39 is 26.4 Å². The van der Waals surface area contributed by atoms with E-state index in [-0.39, 0.29) is 47.9 Å². The number of Topliss-reactive ketones (excluding diaryl/α,β-unsaturated/α-hetero) is 1. The van der Waals surface area contributed by atoms with Gasteiger partial charge in [-0.3, -0.25) is 9.69 Å². The maximum absolute atomic E-state index is 13.2. The average molecular weight is 592 g/mol. The van der Waals surface area contributed by atoms with E-state index in [0.717, 1.165) is 5.56 Å². The number of hydrogen-bond acceptors (Lipinski definition) is 6. The van der Waals surface area contributed by atoms with Crippen molar-refractivity contribution in [3.63, 3.8) is 0 Å². The zero-order chi connectivity index (χ0) is 27.4. The Kier molecular flexibility index (Phi) is 9.20. The topological polar surface area (TPSA) is 97.9 Å². The van der Waals surface area contributed by atoms with Gasteiger partial charge in [0, 0.05) is 10.9 Å². The van der Waals surface area contributed by atoms with Gasteiger partial charge in [0.15, 0.2) is 14.1 Å². The Labute approximate surface area is 227 Å². The number of rotatable bonds is 8. The fourth-order valence-electron chi connectivity index (χ4n) is 3.71. The molecular weight excluding hydrogens is 556 g/mol. The summed E-state index contributed by atoms with van der Waals surface area (Å²) in [7, 11) is -0.835. The summed E-state index contributed by atoms with van der Waals surface area (Å²) in [5.74, 6) is -0.838. The Morgan fingerprint density at radius 3 is 2.43 bits per heavy atom. The molecule has 2 atom stereocenters. The third-order valence-corrected chi connectivity index (χ3v) is 12.0. The second-order valence-electron chi connectivity index (χ2n) is 10.6. The Morgan fingerprint density at radius 1 is 1.14 bits per heavy atom. The van der Waals surface area contributed by atoms with E-state index in [1.807, 2.05) is 42.5 Å². The van der Waals surface area contributed by atoms with E-state index in [4.69, 9.17) is 13.9 Å².